The Morgan fingerprint density at radius 2 is 1.82 bits per heavy atom. The van der Waals surface area contributed by atoms with Gasteiger partial charge in [0.15, 0.2) is 0 Å². The van der Waals surface area contributed by atoms with Crippen molar-refractivity contribution in [3.63, 3.8) is 0 Å². The van der Waals surface area contributed by atoms with Gasteiger partial charge in [0.1, 0.15) is 12.4 Å². The van der Waals surface area contributed by atoms with Crippen LogP contribution in [0.4, 0.5) is 5.69 Å². The third-order valence-electron chi connectivity index (χ3n) is 3.01. The lowest BCUT2D eigenvalue weighted by Gasteiger charge is -2.06. The summed E-state index contributed by atoms with van der Waals surface area (Å²) >= 11 is 0. The Hall–Kier alpha value is -3.22. The highest BCUT2D eigenvalue weighted by Gasteiger charge is 2.05. The van der Waals surface area contributed by atoms with Gasteiger partial charge in [-0.15, -0.1) is 10.2 Å². The number of aromatic nitrogens is 2. The summed E-state index contributed by atoms with van der Waals surface area (Å²) in [5, 5.41) is 18.0. The number of hydrogen-bond acceptors (Lipinski definition) is 6. The summed E-state index contributed by atoms with van der Waals surface area (Å²) in [6.45, 7) is 0.331. The first-order valence-corrected chi connectivity index (χ1v) is 6.45. The molecule has 7 heteroatoms. The van der Waals surface area contributed by atoms with Crippen LogP contribution in [0.15, 0.2) is 59.3 Å². The highest BCUT2D eigenvalue weighted by molar-refractivity contribution is 5.53. The van der Waals surface area contributed by atoms with E-state index in [1.807, 2.05) is 12.1 Å². The second kappa shape index (κ2) is 6.04. The van der Waals surface area contributed by atoms with Gasteiger partial charge in [-0.05, 0) is 42.0 Å². The maximum atomic E-state index is 10.6. The second-order valence-corrected chi connectivity index (χ2v) is 4.48. The van der Waals surface area contributed by atoms with Gasteiger partial charge in [0.05, 0.1) is 4.92 Å². The predicted molar refractivity (Wildman–Crippen MR) is 77.2 cm³/mol. The van der Waals surface area contributed by atoms with Gasteiger partial charge in [-0.25, -0.2) is 0 Å². The van der Waals surface area contributed by atoms with Gasteiger partial charge in [0, 0.05) is 17.7 Å². The predicted octanol–water partition coefficient (Wildman–Crippen LogP) is 3.22. The summed E-state index contributed by atoms with van der Waals surface area (Å²) in [4.78, 5) is 10.1. The third-order valence-corrected chi connectivity index (χ3v) is 3.01. The van der Waals surface area contributed by atoms with Crippen LogP contribution in [-0.4, -0.2) is 15.1 Å². The maximum absolute atomic E-state index is 10.6. The van der Waals surface area contributed by atoms with Crippen molar-refractivity contribution in [2.24, 2.45) is 0 Å². The lowest BCUT2D eigenvalue weighted by atomic mass is 10.2. The van der Waals surface area contributed by atoms with Crippen LogP contribution in [-0.2, 0) is 6.61 Å². The number of non-ortho nitro benzene ring substituents is 1. The van der Waals surface area contributed by atoms with Crippen LogP contribution in [0.25, 0.3) is 11.5 Å². The second-order valence-electron chi connectivity index (χ2n) is 4.48. The molecule has 0 N–H and O–H groups in total. The van der Waals surface area contributed by atoms with Crippen molar-refractivity contribution in [1.29, 1.82) is 0 Å². The Bertz CT molecular complexity index is 752. The van der Waals surface area contributed by atoms with E-state index in [0.29, 0.717) is 18.2 Å². The Kier molecular flexibility index (Phi) is 3.78. The molecule has 0 saturated carbocycles. The van der Waals surface area contributed by atoms with E-state index in [0.717, 1.165) is 11.1 Å². The van der Waals surface area contributed by atoms with Crippen LogP contribution >= 0.6 is 0 Å². The first-order chi connectivity index (χ1) is 10.7. The SMILES string of the molecule is O=[N+]([O-])c1ccc(COc2ccc(-c3nnco3)cc2)cc1. The molecule has 1 aromatic heterocycles. The number of nitro groups is 1. The molecule has 0 fully saturated rings. The summed E-state index contributed by atoms with van der Waals surface area (Å²) < 4.78 is 10.7. The molecule has 3 rings (SSSR count). The van der Waals surface area contributed by atoms with E-state index in [4.69, 9.17) is 9.15 Å². The largest absolute Gasteiger partial charge is 0.489 e. The molecule has 0 radical (unpaired) electrons. The van der Waals surface area contributed by atoms with Crippen LogP contribution < -0.4 is 4.74 Å². The minimum atomic E-state index is -0.430. The molecule has 0 spiro atoms. The van der Waals surface area contributed by atoms with E-state index in [1.54, 1.807) is 24.3 Å². The zero-order valence-electron chi connectivity index (χ0n) is 11.4. The summed E-state index contributed by atoms with van der Waals surface area (Å²) in [5.74, 6) is 1.13. The topological polar surface area (TPSA) is 91.3 Å². The standard InChI is InChI=1S/C15H11N3O4/c19-18(20)13-5-1-11(2-6-13)9-21-14-7-3-12(4-8-14)15-17-16-10-22-15/h1-8,10H,9H2. The number of hydrogen-bond donors (Lipinski definition) is 0. The van der Waals surface area contributed by atoms with Crippen LogP contribution in [0.5, 0.6) is 5.75 Å². The van der Waals surface area contributed by atoms with E-state index in [2.05, 4.69) is 10.2 Å². The molecular weight excluding hydrogens is 286 g/mol. The zero-order valence-corrected chi connectivity index (χ0v) is 11.4. The van der Waals surface area contributed by atoms with E-state index in [1.165, 1.54) is 18.5 Å². The van der Waals surface area contributed by atoms with Gasteiger partial charge >= 0.3 is 0 Å². The molecular formula is C15H11N3O4. The van der Waals surface area contributed by atoms with Crippen LogP contribution in [0.2, 0.25) is 0 Å². The lowest BCUT2D eigenvalue weighted by molar-refractivity contribution is -0.384. The van der Waals surface area contributed by atoms with Gasteiger partial charge in [-0.3, -0.25) is 10.1 Å². The Balaban J connectivity index is 1.63. The van der Waals surface area contributed by atoms with Gasteiger partial charge in [0.2, 0.25) is 12.3 Å². The van der Waals surface area contributed by atoms with Crippen molar-refractivity contribution in [1.82, 2.24) is 10.2 Å². The molecule has 7 nitrogen and oxygen atoms in total. The Morgan fingerprint density at radius 3 is 2.41 bits per heavy atom. The van der Waals surface area contributed by atoms with Crippen LogP contribution in [0, 0.1) is 10.1 Å². The van der Waals surface area contributed by atoms with Crippen molar-refractivity contribution in [2.75, 3.05) is 0 Å². The Morgan fingerprint density at radius 1 is 1.09 bits per heavy atom. The highest BCUT2D eigenvalue weighted by atomic mass is 16.6. The molecule has 2 aromatic carbocycles. The van der Waals surface area contributed by atoms with Crippen molar-refractivity contribution in [3.8, 4) is 17.2 Å². The van der Waals surface area contributed by atoms with Crippen molar-refractivity contribution in [2.45, 2.75) is 6.61 Å². The Labute approximate surface area is 125 Å². The fourth-order valence-corrected chi connectivity index (χ4v) is 1.87. The van der Waals surface area contributed by atoms with Gasteiger partial charge in [0.25, 0.3) is 5.69 Å². The minimum Gasteiger partial charge on any atom is -0.489 e. The number of benzene rings is 2. The number of nitrogens with zero attached hydrogens (tertiary/aromatic N) is 3. The number of ether oxygens (including phenoxy) is 1. The molecule has 0 aliphatic rings. The normalized spacial score (nSPS) is 10.4. The molecule has 0 amide bonds. The fraction of sp³-hybridized carbons (Fsp3) is 0.0667. The highest BCUT2D eigenvalue weighted by Crippen LogP contribution is 2.21. The van der Waals surface area contributed by atoms with E-state index >= 15 is 0 Å². The molecule has 22 heavy (non-hydrogen) atoms. The first-order valence-electron chi connectivity index (χ1n) is 6.45. The maximum Gasteiger partial charge on any atom is 0.269 e. The molecule has 0 atom stereocenters. The molecule has 1 heterocycles. The summed E-state index contributed by atoms with van der Waals surface area (Å²) in [7, 11) is 0. The van der Waals surface area contributed by atoms with Gasteiger partial charge in [-0.1, -0.05) is 0 Å². The molecule has 0 bridgehead atoms. The summed E-state index contributed by atoms with van der Waals surface area (Å²) in [6.07, 6.45) is 1.27. The molecule has 3 aromatic rings. The monoisotopic (exact) mass is 297 g/mol. The van der Waals surface area contributed by atoms with E-state index in [-0.39, 0.29) is 5.69 Å². The van der Waals surface area contributed by atoms with E-state index in [9.17, 15) is 10.1 Å². The third kappa shape index (κ3) is 3.09. The number of rotatable bonds is 5. The quantitative estimate of drug-likeness (QED) is 0.530. The lowest BCUT2D eigenvalue weighted by Crippen LogP contribution is -1.96. The summed E-state index contributed by atoms with van der Waals surface area (Å²) in [5.41, 5.74) is 1.72. The molecule has 0 aliphatic carbocycles. The minimum absolute atomic E-state index is 0.0626. The van der Waals surface area contributed by atoms with Crippen molar-refractivity contribution < 1.29 is 14.1 Å². The zero-order chi connectivity index (χ0) is 15.4. The van der Waals surface area contributed by atoms with Crippen molar-refractivity contribution in [3.05, 3.63) is 70.6 Å². The molecule has 0 saturated heterocycles. The van der Waals surface area contributed by atoms with Crippen LogP contribution in [0.3, 0.4) is 0 Å². The first kappa shape index (κ1) is 13.7. The fourth-order valence-electron chi connectivity index (χ4n) is 1.87. The van der Waals surface area contributed by atoms with Crippen LogP contribution in [0.1, 0.15) is 5.56 Å². The summed E-state index contributed by atoms with van der Waals surface area (Å²) in [6, 6.07) is 13.5. The average Bonchev–Trinajstić information content (AvgIpc) is 3.08. The van der Waals surface area contributed by atoms with Crippen molar-refractivity contribution >= 4 is 5.69 Å². The van der Waals surface area contributed by atoms with E-state index < -0.39 is 4.92 Å². The smallest absolute Gasteiger partial charge is 0.269 e. The van der Waals surface area contributed by atoms with Gasteiger partial charge < -0.3 is 9.15 Å². The number of nitro benzene ring substituents is 1. The molecule has 0 unspecified atom stereocenters. The molecule has 110 valence electrons. The average molecular weight is 297 g/mol. The van der Waals surface area contributed by atoms with Gasteiger partial charge in [-0.2, -0.15) is 0 Å². The molecule has 0 aliphatic heterocycles.